The molecule has 106 valence electrons. The molecule has 2 aromatic heterocycles. The normalized spacial score (nSPS) is 12.0. The summed E-state index contributed by atoms with van der Waals surface area (Å²) in [5.41, 5.74) is 4.44. The first-order valence-electron chi connectivity index (χ1n) is 6.28. The van der Waals surface area contributed by atoms with E-state index in [1.165, 1.54) is 0 Å². The number of anilines is 1. The van der Waals surface area contributed by atoms with Crippen molar-refractivity contribution in [3.05, 3.63) is 45.9 Å². The minimum Gasteiger partial charge on any atom is -0.334 e. The lowest BCUT2D eigenvalue weighted by atomic mass is 10.1. The Balaban J connectivity index is 2.27. The molecular formula is C14H18N4OS. The van der Waals surface area contributed by atoms with Crippen LogP contribution in [0.2, 0.25) is 0 Å². The molecule has 0 aromatic carbocycles. The number of hydrogen-bond acceptors (Lipinski definition) is 5. The van der Waals surface area contributed by atoms with E-state index in [-0.39, 0.29) is 11.9 Å². The van der Waals surface area contributed by atoms with Crippen LogP contribution in [0.1, 0.15) is 33.9 Å². The zero-order chi connectivity index (χ0) is 14.7. The SMILES string of the molecule is Cc1cc(NN)c(C(=O)N(C)C(C)c2cccs2)cn1. The maximum atomic E-state index is 12.6. The zero-order valence-electron chi connectivity index (χ0n) is 11.8. The maximum Gasteiger partial charge on any atom is 0.257 e. The van der Waals surface area contributed by atoms with Crippen molar-refractivity contribution in [2.45, 2.75) is 19.9 Å². The van der Waals surface area contributed by atoms with Gasteiger partial charge in [-0.3, -0.25) is 15.6 Å². The summed E-state index contributed by atoms with van der Waals surface area (Å²) < 4.78 is 0. The fourth-order valence-electron chi connectivity index (χ4n) is 1.94. The summed E-state index contributed by atoms with van der Waals surface area (Å²) in [5.74, 6) is 5.38. The quantitative estimate of drug-likeness (QED) is 0.670. The van der Waals surface area contributed by atoms with Gasteiger partial charge in [-0.05, 0) is 31.4 Å². The van der Waals surface area contributed by atoms with Crippen LogP contribution in [0.5, 0.6) is 0 Å². The minimum atomic E-state index is -0.105. The van der Waals surface area contributed by atoms with Gasteiger partial charge in [-0.25, -0.2) is 0 Å². The van der Waals surface area contributed by atoms with Crippen molar-refractivity contribution >= 4 is 22.9 Å². The molecule has 1 unspecified atom stereocenters. The highest BCUT2D eigenvalue weighted by molar-refractivity contribution is 7.10. The van der Waals surface area contributed by atoms with Gasteiger partial charge >= 0.3 is 0 Å². The lowest BCUT2D eigenvalue weighted by Crippen LogP contribution is -2.30. The summed E-state index contributed by atoms with van der Waals surface area (Å²) in [6.45, 7) is 3.86. The van der Waals surface area contributed by atoms with Gasteiger partial charge in [-0.1, -0.05) is 6.07 Å². The van der Waals surface area contributed by atoms with Crippen LogP contribution in [-0.2, 0) is 0 Å². The number of hydrazine groups is 1. The molecular weight excluding hydrogens is 272 g/mol. The van der Waals surface area contributed by atoms with E-state index >= 15 is 0 Å². The standard InChI is InChI=1S/C14H18N4OS/c1-9-7-12(17-15)11(8-16-9)14(19)18(3)10(2)13-5-4-6-20-13/h4-8,10H,15H2,1-3H3,(H,16,17). The summed E-state index contributed by atoms with van der Waals surface area (Å²) in [4.78, 5) is 19.6. The average Bonchev–Trinajstić information content (AvgIpc) is 2.99. The largest absolute Gasteiger partial charge is 0.334 e. The number of hydrogen-bond donors (Lipinski definition) is 2. The molecule has 2 aromatic rings. The van der Waals surface area contributed by atoms with Gasteiger partial charge in [0.25, 0.3) is 5.91 Å². The maximum absolute atomic E-state index is 12.6. The molecule has 0 spiro atoms. The molecule has 2 heterocycles. The summed E-state index contributed by atoms with van der Waals surface area (Å²) in [5, 5.41) is 2.00. The van der Waals surface area contributed by atoms with Gasteiger partial charge < -0.3 is 10.3 Å². The number of carbonyl (C=O) groups excluding carboxylic acids is 1. The van der Waals surface area contributed by atoms with Crippen molar-refractivity contribution in [2.24, 2.45) is 5.84 Å². The summed E-state index contributed by atoms with van der Waals surface area (Å²) in [7, 11) is 1.78. The molecule has 0 aliphatic carbocycles. The molecule has 0 saturated carbocycles. The zero-order valence-corrected chi connectivity index (χ0v) is 12.6. The Kier molecular flexibility index (Phi) is 4.36. The number of nitrogen functional groups attached to an aromatic ring is 1. The van der Waals surface area contributed by atoms with Crippen molar-refractivity contribution in [1.29, 1.82) is 0 Å². The molecule has 3 N–H and O–H groups in total. The van der Waals surface area contributed by atoms with Crippen LogP contribution in [0.3, 0.4) is 0 Å². The molecule has 0 bridgehead atoms. The summed E-state index contributed by atoms with van der Waals surface area (Å²) in [6.07, 6.45) is 1.56. The lowest BCUT2D eigenvalue weighted by Gasteiger charge is -2.25. The number of thiophene rings is 1. The number of aromatic nitrogens is 1. The molecule has 0 aliphatic heterocycles. The Labute approximate surface area is 122 Å². The molecule has 1 atom stereocenters. The van der Waals surface area contributed by atoms with Gasteiger partial charge in [0.05, 0.1) is 17.3 Å². The number of nitrogens with one attached hydrogen (secondary N) is 1. The summed E-state index contributed by atoms with van der Waals surface area (Å²) >= 11 is 1.63. The third-order valence-electron chi connectivity index (χ3n) is 3.28. The first-order valence-corrected chi connectivity index (χ1v) is 7.16. The Morgan fingerprint density at radius 2 is 2.30 bits per heavy atom. The molecule has 0 radical (unpaired) electrons. The monoisotopic (exact) mass is 290 g/mol. The second-order valence-electron chi connectivity index (χ2n) is 4.62. The number of aryl methyl sites for hydroxylation is 1. The highest BCUT2D eigenvalue weighted by Crippen LogP contribution is 2.26. The van der Waals surface area contributed by atoms with Crippen molar-refractivity contribution in [1.82, 2.24) is 9.88 Å². The van der Waals surface area contributed by atoms with E-state index in [1.54, 1.807) is 35.5 Å². The average molecular weight is 290 g/mol. The Morgan fingerprint density at radius 3 is 2.90 bits per heavy atom. The highest BCUT2D eigenvalue weighted by Gasteiger charge is 2.22. The van der Waals surface area contributed by atoms with Crippen molar-refractivity contribution in [3.63, 3.8) is 0 Å². The van der Waals surface area contributed by atoms with Crippen molar-refractivity contribution in [3.8, 4) is 0 Å². The minimum absolute atomic E-state index is 0.00873. The third-order valence-corrected chi connectivity index (χ3v) is 4.33. The van der Waals surface area contributed by atoms with Crippen LogP contribution in [0, 0.1) is 6.92 Å². The van der Waals surface area contributed by atoms with E-state index in [0.717, 1.165) is 10.6 Å². The van der Waals surface area contributed by atoms with E-state index in [0.29, 0.717) is 11.3 Å². The number of nitrogens with two attached hydrogens (primary N) is 1. The molecule has 0 saturated heterocycles. The predicted octanol–water partition coefficient (Wildman–Crippen LogP) is 2.57. The van der Waals surface area contributed by atoms with Crippen LogP contribution in [-0.4, -0.2) is 22.8 Å². The topological polar surface area (TPSA) is 71.2 Å². The molecule has 0 fully saturated rings. The number of amides is 1. The van der Waals surface area contributed by atoms with Crippen LogP contribution in [0.15, 0.2) is 29.8 Å². The predicted molar refractivity (Wildman–Crippen MR) is 81.6 cm³/mol. The number of nitrogens with zero attached hydrogens (tertiary/aromatic N) is 2. The van der Waals surface area contributed by atoms with Crippen molar-refractivity contribution < 1.29 is 4.79 Å². The fourth-order valence-corrected chi connectivity index (χ4v) is 2.76. The van der Waals surface area contributed by atoms with Gasteiger partial charge in [0, 0.05) is 23.8 Å². The molecule has 6 heteroatoms. The molecule has 1 amide bonds. The van der Waals surface area contributed by atoms with Crippen LogP contribution >= 0.6 is 11.3 Å². The fraction of sp³-hybridized carbons (Fsp3) is 0.286. The second-order valence-corrected chi connectivity index (χ2v) is 5.60. The van der Waals surface area contributed by atoms with Gasteiger partial charge in [0.2, 0.25) is 0 Å². The number of rotatable bonds is 4. The van der Waals surface area contributed by atoms with Crippen molar-refractivity contribution in [2.75, 3.05) is 12.5 Å². The van der Waals surface area contributed by atoms with E-state index in [9.17, 15) is 4.79 Å². The van der Waals surface area contributed by atoms with E-state index < -0.39 is 0 Å². The molecule has 0 aliphatic rings. The van der Waals surface area contributed by atoms with E-state index in [4.69, 9.17) is 5.84 Å². The van der Waals surface area contributed by atoms with Crippen LogP contribution < -0.4 is 11.3 Å². The lowest BCUT2D eigenvalue weighted by molar-refractivity contribution is 0.0745. The van der Waals surface area contributed by atoms with Crippen LogP contribution in [0.25, 0.3) is 0 Å². The second kappa shape index (κ2) is 6.02. The first kappa shape index (κ1) is 14.5. The Hall–Kier alpha value is -1.92. The van der Waals surface area contributed by atoms with Gasteiger partial charge in [-0.2, -0.15) is 0 Å². The van der Waals surface area contributed by atoms with E-state index in [1.807, 2.05) is 31.4 Å². The number of carbonyl (C=O) groups is 1. The third kappa shape index (κ3) is 2.81. The highest BCUT2D eigenvalue weighted by atomic mass is 32.1. The molecule has 20 heavy (non-hydrogen) atoms. The van der Waals surface area contributed by atoms with Crippen LogP contribution in [0.4, 0.5) is 5.69 Å². The smallest absolute Gasteiger partial charge is 0.257 e. The van der Waals surface area contributed by atoms with Gasteiger partial charge in [0.1, 0.15) is 0 Å². The van der Waals surface area contributed by atoms with Gasteiger partial charge in [-0.15, -0.1) is 11.3 Å². The first-order chi connectivity index (χ1) is 9.54. The Morgan fingerprint density at radius 1 is 1.55 bits per heavy atom. The van der Waals surface area contributed by atoms with Gasteiger partial charge in [0.15, 0.2) is 0 Å². The molecule has 5 nitrogen and oxygen atoms in total. The summed E-state index contributed by atoms with van der Waals surface area (Å²) in [6, 6.07) is 5.77. The van der Waals surface area contributed by atoms with E-state index in [2.05, 4.69) is 10.4 Å². The Bertz CT molecular complexity index is 597. The number of pyridine rings is 1. The molecule has 2 rings (SSSR count).